The van der Waals surface area contributed by atoms with Crippen molar-refractivity contribution >= 4 is 0 Å². The largest absolute Gasteiger partial charge is 0.251 e. The zero-order valence-electron chi connectivity index (χ0n) is 6.72. The van der Waals surface area contributed by atoms with Crippen LogP contribution in [0.1, 0.15) is 25.6 Å². The summed E-state index contributed by atoms with van der Waals surface area (Å²) < 4.78 is 2.24. The zero-order chi connectivity index (χ0) is 7.40. The molecule has 0 radical (unpaired) electrons. The third-order valence-electron chi connectivity index (χ3n) is 1.73. The van der Waals surface area contributed by atoms with Crippen LogP contribution in [0.4, 0.5) is 0 Å². The topological polar surface area (TPSA) is 19.7 Å². The van der Waals surface area contributed by atoms with E-state index in [9.17, 15) is 0 Å². The van der Waals surface area contributed by atoms with Gasteiger partial charge in [0.05, 0.1) is 6.54 Å². The van der Waals surface area contributed by atoms with Crippen LogP contribution in [0.2, 0.25) is 0 Å². The van der Waals surface area contributed by atoms with Gasteiger partial charge in [-0.25, -0.2) is 9.55 Å². The third-order valence-corrected chi connectivity index (χ3v) is 1.73. The summed E-state index contributed by atoms with van der Waals surface area (Å²) in [4.78, 5) is 3.14. The van der Waals surface area contributed by atoms with Crippen LogP contribution in [0.15, 0.2) is 12.4 Å². The van der Waals surface area contributed by atoms with Gasteiger partial charge < -0.3 is 0 Å². The van der Waals surface area contributed by atoms with Crippen molar-refractivity contribution in [2.45, 2.75) is 33.2 Å². The first kappa shape index (κ1) is 7.32. The maximum Gasteiger partial charge on any atom is 0.251 e. The zero-order valence-corrected chi connectivity index (χ0v) is 6.72. The lowest BCUT2D eigenvalue weighted by Crippen LogP contribution is -2.34. The number of aromatic amines is 1. The minimum Gasteiger partial charge on any atom is -0.248 e. The normalized spacial score (nSPS) is 10.2. The Hall–Kier alpha value is -0.790. The lowest BCUT2D eigenvalue weighted by atomic mass is 10.3. The van der Waals surface area contributed by atoms with Gasteiger partial charge in [-0.1, -0.05) is 13.3 Å². The van der Waals surface area contributed by atoms with E-state index in [0.717, 1.165) is 6.54 Å². The van der Waals surface area contributed by atoms with E-state index in [4.69, 9.17) is 0 Å². The number of aromatic nitrogens is 2. The Bertz CT molecular complexity index is 191. The number of nitrogens with zero attached hydrogens (tertiary/aromatic N) is 1. The molecule has 2 nitrogen and oxygen atoms in total. The van der Waals surface area contributed by atoms with Crippen LogP contribution in [-0.4, -0.2) is 4.98 Å². The minimum atomic E-state index is 1.14. The number of rotatable bonds is 3. The number of nitrogens with one attached hydrogen (secondary N) is 1. The Balaban J connectivity index is 2.49. The van der Waals surface area contributed by atoms with Gasteiger partial charge in [0.2, 0.25) is 0 Å². The molecule has 1 heterocycles. The van der Waals surface area contributed by atoms with Gasteiger partial charge in [0.1, 0.15) is 12.4 Å². The summed E-state index contributed by atoms with van der Waals surface area (Å²) in [6.07, 6.45) is 6.59. The molecule has 0 aliphatic rings. The molecule has 0 amide bonds. The highest BCUT2D eigenvalue weighted by molar-refractivity contribution is 4.70. The molecular formula is C8H15N2+. The fourth-order valence-corrected chi connectivity index (χ4v) is 1.01. The monoisotopic (exact) mass is 139 g/mol. The average Bonchev–Trinajstić information content (AvgIpc) is 2.31. The molecule has 0 fully saturated rings. The molecule has 0 aliphatic carbocycles. The van der Waals surface area contributed by atoms with Crippen molar-refractivity contribution in [1.82, 2.24) is 4.98 Å². The van der Waals surface area contributed by atoms with Crippen molar-refractivity contribution in [2.24, 2.45) is 0 Å². The maximum absolute atomic E-state index is 3.14. The number of hydrogen-bond donors (Lipinski definition) is 1. The van der Waals surface area contributed by atoms with E-state index in [2.05, 4.69) is 29.6 Å². The molecule has 0 saturated carbocycles. The van der Waals surface area contributed by atoms with Gasteiger partial charge >= 0.3 is 0 Å². The van der Waals surface area contributed by atoms with Gasteiger partial charge in [0.15, 0.2) is 0 Å². The van der Waals surface area contributed by atoms with Crippen LogP contribution in [-0.2, 0) is 6.54 Å². The van der Waals surface area contributed by atoms with E-state index in [1.807, 2.05) is 6.20 Å². The Morgan fingerprint density at radius 3 is 2.90 bits per heavy atom. The molecule has 1 aromatic rings. The van der Waals surface area contributed by atoms with Crippen molar-refractivity contribution in [3.8, 4) is 0 Å². The van der Waals surface area contributed by atoms with Crippen LogP contribution in [0.25, 0.3) is 0 Å². The van der Waals surface area contributed by atoms with Crippen LogP contribution in [0.3, 0.4) is 0 Å². The Morgan fingerprint density at radius 2 is 2.40 bits per heavy atom. The number of hydrogen-bond acceptors (Lipinski definition) is 0. The first-order valence-electron chi connectivity index (χ1n) is 3.88. The van der Waals surface area contributed by atoms with Crippen molar-refractivity contribution in [2.75, 3.05) is 0 Å². The number of aryl methyl sites for hydroxylation is 2. The predicted octanol–water partition coefficient (Wildman–Crippen LogP) is 1.41. The van der Waals surface area contributed by atoms with Gasteiger partial charge in [-0.05, 0) is 6.42 Å². The SMILES string of the molecule is CCCC[n+]1cc[nH]c1C. The minimum absolute atomic E-state index is 1.14. The van der Waals surface area contributed by atoms with Crippen LogP contribution in [0, 0.1) is 6.92 Å². The van der Waals surface area contributed by atoms with Crippen molar-refractivity contribution in [3.05, 3.63) is 18.2 Å². The summed E-state index contributed by atoms with van der Waals surface area (Å²) in [5, 5.41) is 0. The summed E-state index contributed by atoms with van der Waals surface area (Å²) >= 11 is 0. The van der Waals surface area contributed by atoms with E-state index in [1.165, 1.54) is 18.7 Å². The lowest BCUT2D eigenvalue weighted by Gasteiger charge is -1.93. The number of H-pyrrole nitrogens is 1. The summed E-state index contributed by atoms with van der Waals surface area (Å²) in [6, 6.07) is 0. The van der Waals surface area contributed by atoms with E-state index in [1.54, 1.807) is 0 Å². The highest BCUT2D eigenvalue weighted by Crippen LogP contribution is 1.88. The first-order chi connectivity index (χ1) is 4.84. The quantitative estimate of drug-likeness (QED) is 0.611. The average molecular weight is 139 g/mol. The van der Waals surface area contributed by atoms with Gasteiger partial charge in [0, 0.05) is 6.92 Å². The second kappa shape index (κ2) is 3.40. The highest BCUT2D eigenvalue weighted by atomic mass is 15.0. The van der Waals surface area contributed by atoms with Crippen LogP contribution < -0.4 is 4.57 Å². The molecule has 1 N–H and O–H groups in total. The Morgan fingerprint density at radius 1 is 1.60 bits per heavy atom. The summed E-state index contributed by atoms with van der Waals surface area (Å²) in [6.45, 7) is 5.45. The molecular weight excluding hydrogens is 124 g/mol. The van der Waals surface area contributed by atoms with Crippen molar-refractivity contribution in [1.29, 1.82) is 0 Å². The van der Waals surface area contributed by atoms with Crippen molar-refractivity contribution in [3.63, 3.8) is 0 Å². The summed E-state index contributed by atoms with van der Waals surface area (Å²) in [7, 11) is 0. The molecule has 0 spiro atoms. The molecule has 1 aromatic heterocycles. The molecule has 0 aliphatic heterocycles. The molecule has 0 aromatic carbocycles. The fourth-order valence-electron chi connectivity index (χ4n) is 1.01. The molecule has 56 valence electrons. The Labute approximate surface area is 61.9 Å². The van der Waals surface area contributed by atoms with Gasteiger partial charge in [-0.2, -0.15) is 0 Å². The summed E-state index contributed by atoms with van der Waals surface area (Å²) in [5.74, 6) is 1.24. The number of imidazole rings is 1. The standard InChI is InChI=1S/C8H14N2/c1-3-4-6-10-7-5-9-8(10)2/h5,7H,3-4,6H2,1-2H3/p+1. The molecule has 0 saturated heterocycles. The second-order valence-electron chi connectivity index (χ2n) is 2.59. The highest BCUT2D eigenvalue weighted by Gasteiger charge is 2.01. The molecule has 2 heteroatoms. The molecule has 0 atom stereocenters. The number of unbranched alkanes of at least 4 members (excludes halogenated alkanes) is 1. The smallest absolute Gasteiger partial charge is 0.248 e. The molecule has 10 heavy (non-hydrogen) atoms. The van der Waals surface area contributed by atoms with Gasteiger partial charge in [-0.15, -0.1) is 0 Å². The van der Waals surface area contributed by atoms with Gasteiger partial charge in [-0.3, -0.25) is 0 Å². The maximum atomic E-state index is 3.14. The third kappa shape index (κ3) is 1.59. The van der Waals surface area contributed by atoms with E-state index >= 15 is 0 Å². The van der Waals surface area contributed by atoms with Gasteiger partial charge in [0.25, 0.3) is 5.82 Å². The van der Waals surface area contributed by atoms with E-state index < -0.39 is 0 Å². The fraction of sp³-hybridized carbons (Fsp3) is 0.625. The Kier molecular flexibility index (Phi) is 2.49. The molecule has 0 unspecified atom stereocenters. The lowest BCUT2D eigenvalue weighted by molar-refractivity contribution is -0.701. The van der Waals surface area contributed by atoms with E-state index in [-0.39, 0.29) is 0 Å². The predicted molar refractivity (Wildman–Crippen MR) is 40.6 cm³/mol. The first-order valence-corrected chi connectivity index (χ1v) is 3.88. The molecule has 1 rings (SSSR count). The second-order valence-corrected chi connectivity index (χ2v) is 2.59. The molecule has 0 bridgehead atoms. The van der Waals surface area contributed by atoms with Crippen LogP contribution >= 0.6 is 0 Å². The van der Waals surface area contributed by atoms with Crippen molar-refractivity contribution < 1.29 is 4.57 Å². The van der Waals surface area contributed by atoms with Crippen LogP contribution in [0.5, 0.6) is 0 Å². The summed E-state index contributed by atoms with van der Waals surface area (Å²) in [5.41, 5.74) is 0. The van der Waals surface area contributed by atoms with E-state index in [0.29, 0.717) is 0 Å².